The number of urea groups is 1. The van der Waals surface area contributed by atoms with Gasteiger partial charge in [0.15, 0.2) is 0 Å². The van der Waals surface area contributed by atoms with Crippen LogP contribution < -0.4 is 10.6 Å². The molecule has 0 unspecified atom stereocenters. The Hall–Kier alpha value is -2.61. The van der Waals surface area contributed by atoms with Gasteiger partial charge in [0, 0.05) is 54.9 Å². The maximum atomic E-state index is 12.8. The van der Waals surface area contributed by atoms with E-state index in [9.17, 15) is 9.59 Å². The second-order valence-electron chi connectivity index (χ2n) is 8.91. The first-order valence-electron chi connectivity index (χ1n) is 12.1. The number of piperidine rings is 1. The van der Waals surface area contributed by atoms with Crippen molar-refractivity contribution in [1.82, 2.24) is 15.1 Å². The molecule has 1 atom stereocenters. The van der Waals surface area contributed by atoms with Gasteiger partial charge in [-0.05, 0) is 67.8 Å². The van der Waals surface area contributed by atoms with Gasteiger partial charge >= 0.3 is 6.03 Å². The van der Waals surface area contributed by atoms with Gasteiger partial charge < -0.3 is 20.3 Å². The Morgan fingerprint density at radius 2 is 1.85 bits per heavy atom. The number of carbonyl (C=O) groups excluding carboxylic acids is 2. The van der Waals surface area contributed by atoms with Crippen molar-refractivity contribution in [3.05, 3.63) is 64.7 Å². The zero-order valence-electron chi connectivity index (χ0n) is 19.5. The molecule has 2 aliphatic rings. The van der Waals surface area contributed by atoms with Gasteiger partial charge in [0.1, 0.15) is 0 Å². The molecule has 0 aromatic heterocycles. The molecule has 0 radical (unpaired) electrons. The summed E-state index contributed by atoms with van der Waals surface area (Å²) in [6, 6.07) is 14.8. The van der Waals surface area contributed by atoms with Gasteiger partial charge in [0.05, 0.1) is 13.2 Å². The summed E-state index contributed by atoms with van der Waals surface area (Å²) >= 11 is 5.93. The monoisotopic (exact) mass is 484 g/mol. The predicted molar refractivity (Wildman–Crippen MR) is 135 cm³/mol. The second-order valence-corrected chi connectivity index (χ2v) is 9.35. The van der Waals surface area contributed by atoms with Crippen LogP contribution in [0.1, 0.15) is 41.1 Å². The first-order valence-corrected chi connectivity index (χ1v) is 12.5. The van der Waals surface area contributed by atoms with Crippen molar-refractivity contribution in [1.29, 1.82) is 0 Å². The lowest BCUT2D eigenvalue weighted by molar-refractivity contribution is 0.0374. The summed E-state index contributed by atoms with van der Waals surface area (Å²) < 4.78 is 5.37. The number of nitrogens with one attached hydrogen (secondary N) is 2. The molecular formula is C26H33ClN4O3. The van der Waals surface area contributed by atoms with Crippen LogP contribution in [0.4, 0.5) is 10.5 Å². The SMILES string of the molecule is O=C(NCCCN1CCOCC1)c1cccc([C@@H]2CCCN(C(=O)Nc3ccc(Cl)cc3)C2)c1. The molecular weight excluding hydrogens is 452 g/mol. The highest BCUT2D eigenvalue weighted by Crippen LogP contribution is 2.28. The third-order valence-electron chi connectivity index (χ3n) is 6.46. The number of carbonyl (C=O) groups is 2. The number of amides is 3. The fourth-order valence-corrected chi connectivity index (χ4v) is 4.66. The number of benzene rings is 2. The molecule has 8 heteroatoms. The number of hydrogen-bond donors (Lipinski definition) is 2. The molecule has 2 heterocycles. The van der Waals surface area contributed by atoms with Gasteiger partial charge in [0.2, 0.25) is 0 Å². The summed E-state index contributed by atoms with van der Waals surface area (Å²) in [5.41, 5.74) is 2.50. The van der Waals surface area contributed by atoms with Crippen LogP contribution in [-0.2, 0) is 4.74 Å². The topological polar surface area (TPSA) is 73.9 Å². The van der Waals surface area contributed by atoms with Crippen LogP contribution in [0.3, 0.4) is 0 Å². The lowest BCUT2D eigenvalue weighted by atomic mass is 9.89. The van der Waals surface area contributed by atoms with Gasteiger partial charge in [0.25, 0.3) is 5.91 Å². The van der Waals surface area contributed by atoms with Crippen molar-refractivity contribution in [3.63, 3.8) is 0 Å². The summed E-state index contributed by atoms with van der Waals surface area (Å²) in [6.07, 6.45) is 2.85. The van der Waals surface area contributed by atoms with Crippen molar-refractivity contribution in [2.45, 2.75) is 25.2 Å². The minimum absolute atomic E-state index is 0.0445. The standard InChI is InChI=1S/C26H33ClN4O3/c27-23-7-9-24(10-8-23)29-26(33)31-13-2-6-22(19-31)20-4-1-5-21(18-20)25(32)28-11-3-12-30-14-16-34-17-15-30/h1,4-5,7-10,18,22H,2-3,6,11-17,19H2,(H,28,32)(H,29,33)/t22-/m1/s1. The normalized spacial score (nSPS) is 19.0. The number of ether oxygens (including phenoxy) is 1. The average Bonchev–Trinajstić information content (AvgIpc) is 2.88. The Morgan fingerprint density at radius 3 is 2.65 bits per heavy atom. The Labute approximate surface area is 206 Å². The number of halogens is 1. The van der Waals surface area contributed by atoms with Crippen LogP contribution >= 0.6 is 11.6 Å². The molecule has 4 rings (SSSR count). The Balaban J connectivity index is 1.28. The maximum Gasteiger partial charge on any atom is 0.321 e. The van der Waals surface area contributed by atoms with Crippen LogP contribution in [0, 0.1) is 0 Å². The van der Waals surface area contributed by atoms with E-state index in [0.717, 1.165) is 69.9 Å². The minimum Gasteiger partial charge on any atom is -0.379 e. The van der Waals surface area contributed by atoms with Crippen molar-refractivity contribution < 1.29 is 14.3 Å². The summed E-state index contributed by atoms with van der Waals surface area (Å²) in [6.45, 7) is 6.49. The molecule has 34 heavy (non-hydrogen) atoms. The number of anilines is 1. The zero-order valence-corrected chi connectivity index (χ0v) is 20.2. The molecule has 3 amide bonds. The fraction of sp³-hybridized carbons (Fsp3) is 0.462. The van der Waals surface area contributed by atoms with Crippen LogP contribution in [0.2, 0.25) is 5.02 Å². The van der Waals surface area contributed by atoms with Crippen LogP contribution in [-0.4, -0.2) is 74.2 Å². The van der Waals surface area contributed by atoms with E-state index in [4.69, 9.17) is 16.3 Å². The van der Waals surface area contributed by atoms with Gasteiger partial charge in [-0.2, -0.15) is 0 Å². The smallest absolute Gasteiger partial charge is 0.321 e. The third-order valence-corrected chi connectivity index (χ3v) is 6.72. The van der Waals surface area contributed by atoms with E-state index < -0.39 is 0 Å². The van der Waals surface area contributed by atoms with E-state index in [2.05, 4.69) is 21.6 Å². The Bertz CT molecular complexity index is 963. The first kappa shape index (κ1) is 24.5. The molecule has 2 aromatic rings. The van der Waals surface area contributed by atoms with E-state index >= 15 is 0 Å². The van der Waals surface area contributed by atoms with E-state index in [1.165, 1.54) is 0 Å². The molecule has 2 aliphatic heterocycles. The second kappa shape index (κ2) is 12.2. The van der Waals surface area contributed by atoms with Crippen LogP contribution in [0.25, 0.3) is 0 Å². The largest absolute Gasteiger partial charge is 0.379 e. The van der Waals surface area contributed by atoms with E-state index in [1.807, 2.05) is 23.1 Å². The molecule has 2 N–H and O–H groups in total. The maximum absolute atomic E-state index is 12.8. The van der Waals surface area contributed by atoms with E-state index in [-0.39, 0.29) is 17.9 Å². The summed E-state index contributed by atoms with van der Waals surface area (Å²) in [7, 11) is 0. The van der Waals surface area contributed by atoms with Gasteiger partial charge in [-0.3, -0.25) is 9.69 Å². The molecule has 0 saturated carbocycles. The van der Waals surface area contributed by atoms with Crippen molar-refractivity contribution in [2.24, 2.45) is 0 Å². The lowest BCUT2D eigenvalue weighted by Crippen LogP contribution is -2.41. The highest BCUT2D eigenvalue weighted by atomic mass is 35.5. The lowest BCUT2D eigenvalue weighted by Gasteiger charge is -2.33. The molecule has 0 aliphatic carbocycles. The van der Waals surface area contributed by atoms with Crippen LogP contribution in [0.15, 0.2) is 48.5 Å². The molecule has 2 aromatic carbocycles. The number of morpholine rings is 1. The van der Waals surface area contributed by atoms with Crippen molar-refractivity contribution >= 4 is 29.2 Å². The Morgan fingerprint density at radius 1 is 1.06 bits per heavy atom. The molecule has 0 bridgehead atoms. The molecule has 2 fully saturated rings. The van der Waals surface area contributed by atoms with Crippen molar-refractivity contribution in [3.8, 4) is 0 Å². The molecule has 7 nitrogen and oxygen atoms in total. The summed E-state index contributed by atoms with van der Waals surface area (Å²) in [5.74, 6) is 0.163. The number of rotatable bonds is 7. The van der Waals surface area contributed by atoms with Gasteiger partial charge in [-0.25, -0.2) is 4.79 Å². The fourth-order valence-electron chi connectivity index (χ4n) is 4.53. The van der Waals surface area contributed by atoms with Gasteiger partial charge in [-0.1, -0.05) is 23.7 Å². The average molecular weight is 485 g/mol. The number of nitrogens with zero attached hydrogens (tertiary/aromatic N) is 2. The quantitative estimate of drug-likeness (QED) is 0.577. The zero-order chi connectivity index (χ0) is 23.8. The number of hydrogen-bond acceptors (Lipinski definition) is 4. The predicted octanol–water partition coefficient (Wildman–Crippen LogP) is 4.20. The summed E-state index contributed by atoms with van der Waals surface area (Å²) in [4.78, 5) is 29.7. The Kier molecular flexibility index (Phi) is 8.79. The highest BCUT2D eigenvalue weighted by Gasteiger charge is 2.25. The highest BCUT2D eigenvalue weighted by molar-refractivity contribution is 6.30. The van der Waals surface area contributed by atoms with E-state index in [1.54, 1.807) is 24.3 Å². The molecule has 182 valence electrons. The number of likely N-dealkylation sites (tertiary alicyclic amines) is 1. The van der Waals surface area contributed by atoms with Crippen molar-refractivity contribution in [2.75, 3.05) is 57.8 Å². The van der Waals surface area contributed by atoms with E-state index in [0.29, 0.717) is 23.7 Å². The molecule has 2 saturated heterocycles. The molecule has 0 spiro atoms. The van der Waals surface area contributed by atoms with Gasteiger partial charge in [-0.15, -0.1) is 0 Å². The summed E-state index contributed by atoms with van der Waals surface area (Å²) in [5, 5.41) is 6.63. The third kappa shape index (κ3) is 6.95. The minimum atomic E-state index is -0.110. The van der Waals surface area contributed by atoms with Crippen LogP contribution in [0.5, 0.6) is 0 Å². The first-order chi connectivity index (χ1) is 16.6.